The largest absolute Gasteiger partial charge is 0.383 e. The smallest absolute Gasteiger partial charge is 0.160 e. The predicted octanol–water partition coefficient (Wildman–Crippen LogP) is 6.44. The first-order valence-corrected chi connectivity index (χ1v) is 12.7. The van der Waals surface area contributed by atoms with Gasteiger partial charge in [0.1, 0.15) is 32.2 Å². The first-order chi connectivity index (χ1) is 15.4. The topological polar surface area (TPSA) is 85.8 Å². The summed E-state index contributed by atoms with van der Waals surface area (Å²) in [6.45, 7) is 0. The number of nitrogens with zero attached hydrogens (tertiary/aromatic N) is 3. The van der Waals surface area contributed by atoms with Crippen molar-refractivity contribution in [1.29, 1.82) is 0 Å². The lowest BCUT2D eigenvalue weighted by Gasteiger charge is -2.12. The summed E-state index contributed by atoms with van der Waals surface area (Å²) < 4.78 is 33.1. The maximum Gasteiger partial charge on any atom is 0.160 e. The van der Waals surface area contributed by atoms with Gasteiger partial charge in [-0.15, -0.1) is 11.3 Å². The number of anilines is 2. The average molecular weight is 510 g/mol. The quantitative estimate of drug-likeness (QED) is 0.324. The maximum absolute atomic E-state index is 15.0. The Bertz CT molecular complexity index is 1330. The van der Waals surface area contributed by atoms with Gasteiger partial charge in [0.05, 0.1) is 16.1 Å². The van der Waals surface area contributed by atoms with Gasteiger partial charge in [-0.2, -0.15) is 0 Å². The number of thiophene rings is 1. The number of fused-ring (bicyclic) bond motifs is 1. The van der Waals surface area contributed by atoms with Gasteiger partial charge in [0.15, 0.2) is 11.0 Å². The normalized spacial score (nSPS) is 15.5. The van der Waals surface area contributed by atoms with Crippen molar-refractivity contribution in [2.45, 2.75) is 35.9 Å². The van der Waals surface area contributed by atoms with Gasteiger partial charge in [-0.05, 0) is 36.6 Å². The van der Waals surface area contributed by atoms with Crippen LogP contribution >= 0.6 is 34.5 Å². The highest BCUT2D eigenvalue weighted by atomic mass is 35.5. The Morgan fingerprint density at radius 3 is 2.69 bits per heavy atom. The van der Waals surface area contributed by atoms with Gasteiger partial charge in [-0.1, -0.05) is 42.1 Å². The van der Waals surface area contributed by atoms with Crippen LogP contribution in [0.4, 0.5) is 15.9 Å². The molecule has 1 atom stereocenters. The fourth-order valence-electron chi connectivity index (χ4n) is 4.12. The van der Waals surface area contributed by atoms with Crippen LogP contribution in [0, 0.1) is 5.82 Å². The molecule has 0 saturated heterocycles. The summed E-state index contributed by atoms with van der Waals surface area (Å²) in [5.74, 6) is -0.182. The molecule has 0 spiro atoms. The van der Waals surface area contributed by atoms with E-state index in [-0.39, 0.29) is 5.69 Å². The summed E-state index contributed by atoms with van der Waals surface area (Å²) in [6, 6.07) is 6.56. The second-order valence-corrected chi connectivity index (χ2v) is 11.1. The summed E-state index contributed by atoms with van der Waals surface area (Å²) in [5.41, 5.74) is 8.47. The van der Waals surface area contributed by atoms with Gasteiger partial charge < -0.3 is 10.3 Å². The maximum atomic E-state index is 15.0. The number of nitrogens with two attached hydrogens (primary N) is 1. The number of hydrogen-bond donors (Lipinski definition) is 2. The summed E-state index contributed by atoms with van der Waals surface area (Å²) in [5, 5.41) is 1.03. The molecule has 1 saturated carbocycles. The Morgan fingerprint density at radius 1 is 1.22 bits per heavy atom. The fourth-order valence-corrected chi connectivity index (χ4v) is 6.80. The highest BCUT2D eigenvalue weighted by Crippen LogP contribution is 2.39. The van der Waals surface area contributed by atoms with E-state index in [9.17, 15) is 8.60 Å². The molecule has 4 aromatic rings. The second-order valence-electron chi connectivity index (χ2n) is 7.60. The summed E-state index contributed by atoms with van der Waals surface area (Å²) in [7, 11) is -1.69. The molecule has 1 unspecified atom stereocenters. The number of nitrogens with one attached hydrogen (secondary N) is 1. The Labute approximate surface area is 200 Å². The molecule has 0 amide bonds. The zero-order chi connectivity index (χ0) is 22.4. The van der Waals surface area contributed by atoms with Gasteiger partial charge in [-0.3, -0.25) is 4.72 Å². The number of halogens is 3. The minimum Gasteiger partial charge on any atom is -0.383 e. The van der Waals surface area contributed by atoms with Crippen molar-refractivity contribution in [3.8, 4) is 11.1 Å². The van der Waals surface area contributed by atoms with E-state index < -0.39 is 16.8 Å². The van der Waals surface area contributed by atoms with Crippen LogP contribution < -0.4 is 10.5 Å². The standard InChI is InChI=1S/C21H18Cl2FN5OS2/c22-14-8-17(31-19(14)23)32(30)28-16-6-5-11(7-15(16)24)13-9-29(12-3-1-2-4-12)21-18(13)20(25)26-10-27-21/h5-10,12,28H,1-4H2,(H2,25,26,27). The van der Waals surface area contributed by atoms with Crippen molar-refractivity contribution in [2.75, 3.05) is 10.5 Å². The second kappa shape index (κ2) is 8.62. The van der Waals surface area contributed by atoms with Crippen molar-refractivity contribution in [2.24, 2.45) is 0 Å². The molecule has 0 radical (unpaired) electrons. The molecule has 1 fully saturated rings. The number of nitrogen functional groups attached to an aromatic ring is 1. The molecule has 3 N–H and O–H groups in total. The number of benzene rings is 1. The van der Waals surface area contributed by atoms with E-state index in [4.69, 9.17) is 28.9 Å². The lowest BCUT2D eigenvalue weighted by atomic mass is 10.1. The fraction of sp³-hybridized carbons (Fsp3) is 0.238. The van der Waals surface area contributed by atoms with E-state index in [0.29, 0.717) is 36.4 Å². The average Bonchev–Trinajstić information content (AvgIpc) is 3.49. The molecule has 0 bridgehead atoms. The van der Waals surface area contributed by atoms with Crippen molar-refractivity contribution in [3.63, 3.8) is 0 Å². The van der Waals surface area contributed by atoms with Crippen molar-refractivity contribution >= 4 is 68.1 Å². The monoisotopic (exact) mass is 509 g/mol. The molecule has 32 heavy (non-hydrogen) atoms. The van der Waals surface area contributed by atoms with Crippen LogP contribution in [0.3, 0.4) is 0 Å². The van der Waals surface area contributed by atoms with Crippen molar-refractivity contribution in [1.82, 2.24) is 14.5 Å². The van der Waals surface area contributed by atoms with Gasteiger partial charge in [0.2, 0.25) is 0 Å². The zero-order valence-electron chi connectivity index (χ0n) is 16.6. The van der Waals surface area contributed by atoms with Crippen molar-refractivity contribution < 1.29 is 8.60 Å². The van der Waals surface area contributed by atoms with Crippen LogP contribution in [0.15, 0.2) is 41.0 Å². The third-order valence-corrected chi connectivity index (χ3v) is 8.90. The lowest BCUT2D eigenvalue weighted by molar-refractivity contribution is 0.532. The molecule has 1 aromatic carbocycles. The molecule has 6 nitrogen and oxygen atoms in total. The highest BCUT2D eigenvalue weighted by Gasteiger charge is 2.23. The molecule has 1 aliphatic carbocycles. The number of hydrogen-bond acceptors (Lipinski definition) is 5. The SMILES string of the molecule is Nc1ncnc2c1c(-c1ccc(NS(=O)c3cc(Cl)c(Cl)s3)c(F)c1)cn2C1CCCC1. The van der Waals surface area contributed by atoms with Crippen LogP contribution in [-0.2, 0) is 11.0 Å². The van der Waals surface area contributed by atoms with Gasteiger partial charge in [-0.25, -0.2) is 18.6 Å². The summed E-state index contributed by atoms with van der Waals surface area (Å²) in [4.78, 5) is 8.60. The van der Waals surface area contributed by atoms with Crippen LogP contribution in [0.2, 0.25) is 9.36 Å². The molecule has 3 heterocycles. The Hall–Kier alpha value is -2.20. The van der Waals surface area contributed by atoms with Gasteiger partial charge >= 0.3 is 0 Å². The summed E-state index contributed by atoms with van der Waals surface area (Å²) in [6.07, 6.45) is 7.94. The van der Waals surface area contributed by atoms with E-state index in [0.717, 1.165) is 35.4 Å². The van der Waals surface area contributed by atoms with Crippen LogP contribution in [0.25, 0.3) is 22.2 Å². The van der Waals surface area contributed by atoms with E-state index in [1.807, 2.05) is 6.20 Å². The molecular weight excluding hydrogens is 492 g/mol. The molecule has 5 rings (SSSR count). The van der Waals surface area contributed by atoms with Crippen LogP contribution in [0.1, 0.15) is 31.7 Å². The highest BCUT2D eigenvalue weighted by molar-refractivity contribution is 7.88. The molecule has 166 valence electrons. The lowest BCUT2D eigenvalue weighted by Crippen LogP contribution is -2.05. The Morgan fingerprint density at radius 2 is 2.00 bits per heavy atom. The Kier molecular flexibility index (Phi) is 5.83. The van der Waals surface area contributed by atoms with E-state index in [2.05, 4.69) is 19.3 Å². The minimum atomic E-state index is -1.69. The first-order valence-electron chi connectivity index (χ1n) is 9.96. The predicted molar refractivity (Wildman–Crippen MR) is 129 cm³/mol. The Balaban J connectivity index is 1.51. The minimum absolute atomic E-state index is 0.108. The third-order valence-electron chi connectivity index (χ3n) is 5.64. The van der Waals surface area contributed by atoms with E-state index in [1.165, 1.54) is 31.3 Å². The molecular formula is C21H18Cl2FN5OS2. The molecule has 3 aromatic heterocycles. The van der Waals surface area contributed by atoms with Crippen LogP contribution in [-0.4, -0.2) is 18.7 Å². The van der Waals surface area contributed by atoms with Crippen LogP contribution in [0.5, 0.6) is 0 Å². The third kappa shape index (κ3) is 3.87. The molecule has 0 aliphatic heterocycles. The molecule has 1 aliphatic rings. The summed E-state index contributed by atoms with van der Waals surface area (Å²) >= 11 is 12.9. The molecule has 11 heteroatoms. The van der Waals surface area contributed by atoms with E-state index >= 15 is 0 Å². The first kappa shape index (κ1) is 21.6. The van der Waals surface area contributed by atoms with E-state index in [1.54, 1.807) is 12.1 Å². The van der Waals surface area contributed by atoms with Gasteiger partial charge in [0, 0.05) is 17.8 Å². The number of rotatable bonds is 5. The van der Waals surface area contributed by atoms with Gasteiger partial charge in [0.25, 0.3) is 0 Å². The van der Waals surface area contributed by atoms with Crippen molar-refractivity contribution in [3.05, 3.63) is 52.0 Å². The number of aromatic nitrogens is 3. The zero-order valence-corrected chi connectivity index (χ0v) is 19.8.